The van der Waals surface area contributed by atoms with Crippen LogP contribution < -0.4 is 21.3 Å². The smallest absolute Gasteiger partial charge is 0.309 e. The molecule has 5 rings (SSSR count). The first kappa shape index (κ1) is 58.1. The van der Waals surface area contributed by atoms with Gasteiger partial charge in [0.2, 0.25) is 0 Å². The summed E-state index contributed by atoms with van der Waals surface area (Å²) in [4.78, 5) is 74.5. The molecule has 5 unspecified atom stereocenters. The minimum absolute atomic E-state index is 0.157. The van der Waals surface area contributed by atoms with Crippen LogP contribution in [0.25, 0.3) is 0 Å². The van der Waals surface area contributed by atoms with Gasteiger partial charge in [0.05, 0.1) is 29.6 Å². The average molecular weight is 987 g/mol. The first-order valence-corrected chi connectivity index (χ1v) is 26.8. The van der Waals surface area contributed by atoms with E-state index in [2.05, 4.69) is 132 Å². The quantitative estimate of drug-likeness (QED) is 0.0958. The summed E-state index contributed by atoms with van der Waals surface area (Å²) in [7, 11) is 0. The van der Waals surface area contributed by atoms with Gasteiger partial charge in [0, 0.05) is 50.7 Å². The molecular formula is C56H98N4O10. The Labute approximate surface area is 422 Å². The van der Waals surface area contributed by atoms with Gasteiger partial charge in [-0.3, -0.25) is 24.0 Å². The lowest BCUT2D eigenvalue weighted by atomic mass is 9.75. The van der Waals surface area contributed by atoms with Gasteiger partial charge in [-0.25, -0.2) is 0 Å². The first-order chi connectivity index (χ1) is 31.7. The maximum Gasteiger partial charge on any atom is 0.309 e. The van der Waals surface area contributed by atoms with Crippen LogP contribution in [0.1, 0.15) is 209 Å². The van der Waals surface area contributed by atoms with Crippen LogP contribution in [0.4, 0.5) is 0 Å². The molecule has 5 fully saturated rings. The third-order valence-electron chi connectivity index (χ3n) is 15.1. The second-order valence-electron chi connectivity index (χ2n) is 28.8. The van der Waals surface area contributed by atoms with E-state index in [4.69, 9.17) is 23.7 Å². The maximum absolute atomic E-state index is 15.1. The van der Waals surface area contributed by atoms with E-state index in [1.54, 1.807) is 0 Å². The molecule has 1 aliphatic carbocycles. The number of esters is 5. The Morgan fingerprint density at radius 3 is 0.857 bits per heavy atom. The van der Waals surface area contributed by atoms with Crippen molar-refractivity contribution in [2.75, 3.05) is 0 Å². The first-order valence-electron chi connectivity index (χ1n) is 26.8. The number of nitrogens with one attached hydrogen (secondary N) is 4. The second kappa shape index (κ2) is 20.8. The maximum atomic E-state index is 15.1. The number of hydrogen-bond donors (Lipinski definition) is 4. The second-order valence-corrected chi connectivity index (χ2v) is 28.8. The van der Waals surface area contributed by atoms with E-state index in [1.807, 2.05) is 27.7 Å². The summed E-state index contributed by atoms with van der Waals surface area (Å²) in [6.07, 6.45) is -2.12. The molecule has 0 spiro atoms. The molecular weight excluding hydrogens is 889 g/mol. The number of hydrogen-bond acceptors (Lipinski definition) is 14. The number of ether oxygens (including phenoxy) is 5. The van der Waals surface area contributed by atoms with Crippen molar-refractivity contribution >= 4 is 29.8 Å². The summed E-state index contributed by atoms with van der Waals surface area (Å²) >= 11 is 0. The highest BCUT2D eigenvalue weighted by Gasteiger charge is 2.58. The molecule has 14 nitrogen and oxygen atoms in total. The third-order valence-corrected chi connectivity index (χ3v) is 15.1. The van der Waals surface area contributed by atoms with Crippen molar-refractivity contribution in [2.45, 2.75) is 284 Å². The van der Waals surface area contributed by atoms with Crippen molar-refractivity contribution in [2.24, 2.45) is 41.4 Å². The zero-order chi connectivity index (χ0) is 53.0. The van der Waals surface area contributed by atoms with Gasteiger partial charge in [-0.05, 0) is 187 Å². The zero-order valence-electron chi connectivity index (χ0n) is 47.3. The number of rotatable bonds is 14. The Kier molecular flexibility index (Phi) is 17.3. The number of carbonyl (C=O) groups is 5. The summed E-state index contributed by atoms with van der Waals surface area (Å²) in [5, 5.41) is 14.6. The molecule has 14 heteroatoms. The monoisotopic (exact) mass is 987 g/mol. The molecule has 4 aliphatic heterocycles. The van der Waals surface area contributed by atoms with Crippen LogP contribution in [0, 0.1) is 41.4 Å². The van der Waals surface area contributed by atoms with Gasteiger partial charge in [-0.15, -0.1) is 0 Å². The third kappa shape index (κ3) is 16.1. The zero-order valence-corrected chi connectivity index (χ0v) is 47.3. The highest BCUT2D eigenvalue weighted by molar-refractivity contribution is 5.77. The molecule has 0 radical (unpaired) electrons. The van der Waals surface area contributed by atoms with Gasteiger partial charge in [0.1, 0.15) is 12.2 Å². The average Bonchev–Trinajstić information content (AvgIpc) is 3.11. The lowest BCUT2D eigenvalue weighted by molar-refractivity contribution is -0.239. The van der Waals surface area contributed by atoms with Gasteiger partial charge >= 0.3 is 29.8 Å². The van der Waals surface area contributed by atoms with Crippen LogP contribution >= 0.6 is 0 Å². The lowest BCUT2D eigenvalue weighted by Gasteiger charge is -2.49. The van der Waals surface area contributed by atoms with Gasteiger partial charge in [-0.1, -0.05) is 27.7 Å². The van der Waals surface area contributed by atoms with Crippen molar-refractivity contribution in [3.63, 3.8) is 0 Å². The Morgan fingerprint density at radius 1 is 0.371 bits per heavy atom. The highest BCUT2D eigenvalue weighted by Crippen LogP contribution is 2.42. The lowest BCUT2D eigenvalue weighted by Crippen LogP contribution is -2.65. The van der Waals surface area contributed by atoms with E-state index in [0.29, 0.717) is 64.2 Å². The van der Waals surface area contributed by atoms with Crippen molar-refractivity contribution in [3.05, 3.63) is 0 Å². The molecule has 1 saturated carbocycles. The van der Waals surface area contributed by atoms with Crippen molar-refractivity contribution < 1.29 is 47.7 Å². The minimum atomic E-state index is -1.51. The Morgan fingerprint density at radius 2 is 0.600 bits per heavy atom. The van der Waals surface area contributed by atoms with E-state index >= 15 is 4.79 Å². The van der Waals surface area contributed by atoms with Gasteiger partial charge in [0.25, 0.3) is 0 Å². The van der Waals surface area contributed by atoms with Gasteiger partial charge < -0.3 is 45.0 Å². The van der Waals surface area contributed by atoms with Crippen LogP contribution in [-0.2, 0) is 47.7 Å². The predicted molar refractivity (Wildman–Crippen MR) is 272 cm³/mol. The summed E-state index contributed by atoms with van der Waals surface area (Å²) in [6.45, 7) is 41.1. The van der Waals surface area contributed by atoms with E-state index in [-0.39, 0.29) is 18.3 Å². The normalized spacial score (nSPS) is 30.6. The van der Waals surface area contributed by atoms with E-state index in [9.17, 15) is 19.2 Å². The molecule has 4 N–H and O–H groups in total. The summed E-state index contributed by atoms with van der Waals surface area (Å²) < 4.78 is 33.5. The SMILES string of the molecule is CC(C)CC(CC(C)C)C(=O)OC1C(OC(=O)C2CC(C)(C)NC(C)(C)C2)CC(OC(=O)C2CC(C)(C)NC(C)(C)C2)C(OC(=O)C2CC(C)(C)NC(C)(C)C2)C1OC(=O)C1CC(C)(C)NC(C)(C)C1. The standard InChI is InChI=1S/C56H98N4O10/c1-32(2)21-34(22-33(3)4)44(61)68-41-39(66-45(62)35-24-49(5,6)57-50(7,8)25-35)23-40(67-46(63)36-26-51(9,10)58-52(11,12)27-36)42(69-47(64)37-28-53(13,14)59-54(15,16)29-37)43(41)70-48(65)38-30-55(17,18)60-56(19,20)31-38/h32-43,57-60H,21-31H2,1-20H3. The van der Waals surface area contributed by atoms with Gasteiger partial charge in [-0.2, -0.15) is 0 Å². The largest absolute Gasteiger partial charge is 0.458 e. The molecule has 0 aromatic rings. The molecule has 0 bridgehead atoms. The van der Waals surface area contributed by atoms with Crippen LogP contribution in [0.5, 0.6) is 0 Å². The minimum Gasteiger partial charge on any atom is -0.458 e. The topological polar surface area (TPSA) is 180 Å². The summed E-state index contributed by atoms with van der Waals surface area (Å²) in [6, 6.07) is 0. The number of piperidine rings is 4. The summed E-state index contributed by atoms with van der Waals surface area (Å²) in [5.41, 5.74) is -3.31. The molecule has 0 aromatic carbocycles. The molecule has 0 aromatic heterocycles. The molecule has 5 aliphatic rings. The predicted octanol–water partition coefficient (Wildman–Crippen LogP) is 8.88. The fourth-order valence-electron chi connectivity index (χ4n) is 14.3. The Bertz CT molecular complexity index is 1830. The Hall–Kier alpha value is -2.81. The highest BCUT2D eigenvalue weighted by atomic mass is 16.6. The molecule has 5 atom stereocenters. The molecule has 4 saturated heterocycles. The van der Waals surface area contributed by atoms with E-state index in [0.717, 1.165) is 0 Å². The van der Waals surface area contributed by atoms with Crippen molar-refractivity contribution in [1.29, 1.82) is 0 Å². The fourth-order valence-corrected chi connectivity index (χ4v) is 14.3. The van der Waals surface area contributed by atoms with E-state index in [1.165, 1.54) is 0 Å². The molecule has 0 amide bonds. The van der Waals surface area contributed by atoms with Crippen molar-refractivity contribution in [3.8, 4) is 0 Å². The summed E-state index contributed by atoms with van der Waals surface area (Å²) in [5.74, 6) is -4.99. The van der Waals surface area contributed by atoms with Crippen LogP contribution in [0.2, 0.25) is 0 Å². The fraction of sp³-hybridized carbons (Fsp3) is 0.911. The molecule has 4 heterocycles. The van der Waals surface area contributed by atoms with Crippen LogP contribution in [0.15, 0.2) is 0 Å². The molecule has 402 valence electrons. The van der Waals surface area contributed by atoms with Crippen molar-refractivity contribution in [1.82, 2.24) is 21.3 Å². The van der Waals surface area contributed by atoms with Gasteiger partial charge in [0.15, 0.2) is 18.3 Å². The molecule has 70 heavy (non-hydrogen) atoms. The Balaban J connectivity index is 1.68. The van der Waals surface area contributed by atoms with Crippen LogP contribution in [0.3, 0.4) is 0 Å². The van der Waals surface area contributed by atoms with E-state index < -0.39 is 134 Å². The van der Waals surface area contributed by atoms with Crippen LogP contribution in [-0.4, -0.2) is 105 Å². The number of carbonyl (C=O) groups excluding carboxylic acids is 5.